The summed E-state index contributed by atoms with van der Waals surface area (Å²) in [4.78, 5) is 50.7. The minimum Gasteiger partial charge on any atom is -0.478 e. The Morgan fingerprint density at radius 3 is 2.43 bits per heavy atom. The van der Waals surface area contributed by atoms with Crippen LogP contribution in [0, 0.1) is 0 Å². The fraction of sp³-hybridized carbons (Fsp3) is 0.368. The number of carboxylic acids is 1. The van der Waals surface area contributed by atoms with Crippen molar-refractivity contribution >= 4 is 23.6 Å². The number of carbonyl (C=O) groups excluding carboxylic acids is 3. The lowest BCUT2D eigenvalue weighted by atomic mass is 9.79. The summed E-state index contributed by atoms with van der Waals surface area (Å²) in [7, 11) is 1.16. The molecule has 28 heavy (non-hydrogen) atoms. The minimum atomic E-state index is -1.87. The molecule has 0 radical (unpaired) electrons. The molecule has 1 aromatic carbocycles. The molecule has 9 heteroatoms. The van der Waals surface area contributed by atoms with Crippen molar-refractivity contribution in [2.24, 2.45) is 0 Å². The van der Waals surface area contributed by atoms with Gasteiger partial charge < -0.3 is 14.6 Å². The monoisotopic (exact) mass is 388 g/mol. The van der Waals surface area contributed by atoms with Crippen molar-refractivity contribution in [3.05, 3.63) is 47.2 Å². The van der Waals surface area contributed by atoms with Crippen LogP contribution < -0.4 is 5.32 Å². The number of nitrogens with zero attached hydrogens (tertiary/aromatic N) is 1. The minimum absolute atomic E-state index is 0.0755. The van der Waals surface area contributed by atoms with Gasteiger partial charge in [-0.3, -0.25) is 19.8 Å². The molecule has 9 nitrogen and oxygen atoms in total. The Labute approximate surface area is 160 Å². The third kappa shape index (κ3) is 2.88. The van der Waals surface area contributed by atoms with E-state index < -0.39 is 41.6 Å². The van der Waals surface area contributed by atoms with Crippen LogP contribution in [0.3, 0.4) is 0 Å². The van der Waals surface area contributed by atoms with Crippen molar-refractivity contribution in [2.75, 3.05) is 7.11 Å². The van der Waals surface area contributed by atoms with E-state index in [1.807, 2.05) is 0 Å². The molecule has 3 rings (SSSR count). The van der Waals surface area contributed by atoms with E-state index in [0.717, 1.165) is 12.0 Å². The molecule has 2 aliphatic heterocycles. The fourth-order valence-corrected chi connectivity index (χ4v) is 3.43. The Bertz CT molecular complexity index is 876. The zero-order valence-corrected chi connectivity index (χ0v) is 15.6. The Morgan fingerprint density at radius 2 is 1.89 bits per heavy atom. The Morgan fingerprint density at radius 1 is 1.25 bits per heavy atom. The summed E-state index contributed by atoms with van der Waals surface area (Å²) >= 11 is 0. The molecule has 3 unspecified atom stereocenters. The number of hydrogen-bond acceptors (Lipinski definition) is 7. The van der Waals surface area contributed by atoms with Gasteiger partial charge in [0, 0.05) is 6.42 Å². The highest BCUT2D eigenvalue weighted by molar-refractivity contribution is 6.19. The van der Waals surface area contributed by atoms with E-state index in [1.54, 1.807) is 44.2 Å². The number of nitrogens with one attached hydrogen (secondary N) is 1. The molecular weight excluding hydrogens is 368 g/mol. The standard InChI is InChI=1S/C19H20N2O7/c1-10(2)13(16(25)27-3)21-17(26)19(18(21)28-14(20-19)15(23)24)12(22)9-11-7-5-4-6-8-11/h4-8,14,18,20H,9H2,1-3H3,(H,23,24). The van der Waals surface area contributed by atoms with E-state index >= 15 is 0 Å². The molecule has 0 spiro atoms. The number of aliphatic carboxylic acids is 1. The number of hydrogen-bond donors (Lipinski definition) is 2. The highest BCUT2D eigenvalue weighted by Gasteiger charge is 2.73. The lowest BCUT2D eigenvalue weighted by Gasteiger charge is -2.49. The summed E-state index contributed by atoms with van der Waals surface area (Å²) < 4.78 is 10.1. The Balaban J connectivity index is 1.98. The SMILES string of the molecule is COC(=O)C(=C(C)C)N1C(=O)C2(C(=O)Cc3ccccc3)NC(C(=O)O)OC12. The van der Waals surface area contributed by atoms with Gasteiger partial charge in [-0.25, -0.2) is 9.59 Å². The maximum Gasteiger partial charge on any atom is 0.354 e. The van der Waals surface area contributed by atoms with Gasteiger partial charge in [0.25, 0.3) is 5.91 Å². The maximum atomic E-state index is 13.1. The van der Waals surface area contributed by atoms with Crippen LogP contribution in [0.1, 0.15) is 19.4 Å². The summed E-state index contributed by atoms with van der Waals surface area (Å²) in [5.74, 6) is -3.43. The molecule has 0 bridgehead atoms. The van der Waals surface area contributed by atoms with Gasteiger partial charge in [0.2, 0.25) is 11.8 Å². The van der Waals surface area contributed by atoms with Crippen LogP contribution in [0.4, 0.5) is 0 Å². The first kappa shape index (κ1) is 19.7. The van der Waals surface area contributed by atoms with E-state index in [1.165, 1.54) is 0 Å². The van der Waals surface area contributed by atoms with Gasteiger partial charge in [-0.2, -0.15) is 0 Å². The molecule has 1 aromatic rings. The van der Waals surface area contributed by atoms with Crippen LogP contribution in [0.2, 0.25) is 0 Å². The number of carbonyl (C=O) groups is 4. The van der Waals surface area contributed by atoms with Crippen molar-refractivity contribution in [3.8, 4) is 0 Å². The van der Waals surface area contributed by atoms with Crippen LogP contribution in [0.25, 0.3) is 0 Å². The van der Waals surface area contributed by atoms with Gasteiger partial charge in [0.1, 0.15) is 5.70 Å². The van der Waals surface area contributed by atoms with Crippen molar-refractivity contribution in [3.63, 3.8) is 0 Å². The number of benzene rings is 1. The van der Waals surface area contributed by atoms with E-state index in [9.17, 15) is 24.3 Å². The molecule has 1 amide bonds. The molecule has 0 aromatic heterocycles. The molecule has 2 fully saturated rings. The number of ketones is 1. The number of methoxy groups -OCH3 is 1. The van der Waals surface area contributed by atoms with Crippen molar-refractivity contribution in [2.45, 2.75) is 38.3 Å². The molecule has 2 heterocycles. The first-order valence-corrected chi connectivity index (χ1v) is 8.56. The van der Waals surface area contributed by atoms with Crippen LogP contribution in [0.5, 0.6) is 0 Å². The number of fused-ring (bicyclic) bond motifs is 1. The second kappa shape index (κ2) is 7.17. The largest absolute Gasteiger partial charge is 0.478 e. The third-order valence-corrected chi connectivity index (χ3v) is 4.75. The van der Waals surface area contributed by atoms with Crippen LogP contribution in [-0.2, 0) is 35.1 Å². The molecule has 2 aliphatic rings. The van der Waals surface area contributed by atoms with Gasteiger partial charge in [-0.15, -0.1) is 0 Å². The number of β-lactam (4-membered cyclic amide) rings is 1. The predicted octanol–water partition coefficient (Wildman–Crippen LogP) is 0.203. The molecule has 3 atom stereocenters. The molecule has 0 saturated carbocycles. The Hall–Kier alpha value is -3.04. The normalized spacial score (nSPS) is 25.5. The van der Waals surface area contributed by atoms with E-state index in [2.05, 4.69) is 5.32 Å². The van der Waals surface area contributed by atoms with E-state index in [0.29, 0.717) is 11.1 Å². The summed E-state index contributed by atoms with van der Waals surface area (Å²) in [6.07, 6.45) is -2.92. The number of allylic oxidation sites excluding steroid dienone is 1. The lowest BCUT2D eigenvalue weighted by Crippen LogP contribution is -2.79. The van der Waals surface area contributed by atoms with Gasteiger partial charge in [-0.05, 0) is 25.0 Å². The Kier molecular flexibility index (Phi) is 5.05. The van der Waals surface area contributed by atoms with Gasteiger partial charge in [0.15, 0.2) is 12.0 Å². The number of esters is 1. The second-order valence-electron chi connectivity index (χ2n) is 6.76. The van der Waals surface area contributed by atoms with Crippen molar-refractivity contribution in [1.29, 1.82) is 0 Å². The predicted molar refractivity (Wildman–Crippen MR) is 94.6 cm³/mol. The number of likely N-dealkylation sites (tertiary alicyclic amines) is 1. The zero-order chi connectivity index (χ0) is 20.6. The average molecular weight is 388 g/mol. The van der Waals surface area contributed by atoms with Crippen LogP contribution in [-0.4, -0.2) is 58.7 Å². The number of ether oxygens (including phenoxy) is 2. The first-order chi connectivity index (χ1) is 13.2. The molecule has 2 N–H and O–H groups in total. The van der Waals surface area contributed by atoms with Gasteiger partial charge in [-0.1, -0.05) is 30.3 Å². The number of rotatable bonds is 6. The van der Waals surface area contributed by atoms with Crippen LogP contribution >= 0.6 is 0 Å². The maximum absolute atomic E-state index is 13.1. The van der Waals surface area contributed by atoms with Crippen molar-refractivity contribution < 1.29 is 33.8 Å². The first-order valence-electron chi connectivity index (χ1n) is 8.56. The quantitative estimate of drug-likeness (QED) is 0.307. The average Bonchev–Trinajstić information content (AvgIpc) is 3.02. The van der Waals surface area contributed by atoms with Crippen molar-refractivity contribution in [1.82, 2.24) is 10.2 Å². The van der Waals surface area contributed by atoms with Gasteiger partial charge >= 0.3 is 11.9 Å². The summed E-state index contributed by atoms with van der Waals surface area (Å²) in [5, 5.41) is 11.8. The summed E-state index contributed by atoms with van der Waals surface area (Å²) in [5.41, 5.74) is -0.809. The fourth-order valence-electron chi connectivity index (χ4n) is 3.43. The van der Waals surface area contributed by atoms with E-state index in [-0.39, 0.29) is 12.1 Å². The summed E-state index contributed by atoms with van der Waals surface area (Å²) in [6, 6.07) is 8.75. The zero-order valence-electron chi connectivity index (χ0n) is 15.6. The number of amides is 1. The summed E-state index contributed by atoms with van der Waals surface area (Å²) in [6.45, 7) is 3.20. The van der Waals surface area contributed by atoms with Crippen LogP contribution in [0.15, 0.2) is 41.6 Å². The molecule has 148 valence electrons. The number of carboxylic acid groups (broad SMARTS) is 1. The third-order valence-electron chi connectivity index (χ3n) is 4.75. The smallest absolute Gasteiger partial charge is 0.354 e. The van der Waals surface area contributed by atoms with Gasteiger partial charge in [0.05, 0.1) is 7.11 Å². The highest BCUT2D eigenvalue weighted by Crippen LogP contribution is 2.42. The van der Waals surface area contributed by atoms with E-state index in [4.69, 9.17) is 9.47 Å². The lowest BCUT2D eigenvalue weighted by molar-refractivity contribution is -0.186. The highest BCUT2D eigenvalue weighted by atomic mass is 16.6. The topological polar surface area (TPSA) is 122 Å². The molecule has 2 saturated heterocycles. The number of Topliss-reactive ketones (excluding diaryl/α,β-unsaturated/α-hetero) is 1. The molecular formula is C19H20N2O7. The molecule has 0 aliphatic carbocycles. The second-order valence-corrected chi connectivity index (χ2v) is 6.76.